The average molecular weight is 580 g/mol. The molecule has 0 aliphatic heterocycles. The Hall–Kier alpha value is -2.38. The van der Waals surface area contributed by atoms with Crippen LogP contribution in [0.4, 0.5) is 4.79 Å². The van der Waals surface area contributed by atoms with Gasteiger partial charge in [-0.1, -0.05) is 51.5 Å². The van der Waals surface area contributed by atoms with Crippen molar-refractivity contribution >= 4 is 6.09 Å². The van der Waals surface area contributed by atoms with Gasteiger partial charge in [-0.15, -0.1) is 0 Å². The number of imidazole rings is 1. The van der Waals surface area contributed by atoms with Crippen molar-refractivity contribution in [2.24, 2.45) is 23.2 Å². The van der Waals surface area contributed by atoms with Crippen LogP contribution in [0.15, 0.2) is 41.6 Å². The van der Waals surface area contributed by atoms with Gasteiger partial charge in [-0.05, 0) is 105 Å². The van der Waals surface area contributed by atoms with Gasteiger partial charge >= 0.3 is 6.09 Å². The lowest BCUT2D eigenvalue weighted by atomic mass is 9.60. The van der Waals surface area contributed by atoms with Gasteiger partial charge in [0.05, 0.1) is 17.6 Å². The summed E-state index contributed by atoms with van der Waals surface area (Å²) in [6, 6.07) is 0. The van der Waals surface area contributed by atoms with Crippen LogP contribution in [0.2, 0.25) is 0 Å². The Kier molecular flexibility index (Phi) is 9.39. The fourth-order valence-electron chi connectivity index (χ4n) is 8.79. The van der Waals surface area contributed by atoms with Crippen molar-refractivity contribution in [1.82, 2.24) is 15.3 Å². The molecule has 4 fully saturated rings. The van der Waals surface area contributed by atoms with Crippen molar-refractivity contribution in [2.45, 2.75) is 128 Å². The zero-order valence-corrected chi connectivity index (χ0v) is 26.3. The summed E-state index contributed by atoms with van der Waals surface area (Å²) >= 11 is 0. The minimum atomic E-state index is -0.649. The number of nitrogens with one attached hydrogen (secondary N) is 2. The molecule has 4 aliphatic carbocycles. The Balaban J connectivity index is 1.28. The highest BCUT2D eigenvalue weighted by Crippen LogP contribution is 2.60. The van der Waals surface area contributed by atoms with Crippen LogP contribution in [0, 0.1) is 23.2 Å². The van der Waals surface area contributed by atoms with Crippen LogP contribution in [-0.2, 0) is 16.6 Å². The number of hydrogen-bond acceptors (Lipinski definition) is 5. The maximum absolute atomic E-state index is 12.4. The third kappa shape index (κ3) is 6.14. The van der Waals surface area contributed by atoms with Gasteiger partial charge in [0.1, 0.15) is 11.9 Å². The first kappa shape index (κ1) is 31.1. The van der Waals surface area contributed by atoms with Gasteiger partial charge < -0.3 is 25.3 Å². The number of aliphatic hydroxyl groups excluding tert-OH is 2. The Morgan fingerprint density at radius 3 is 2.76 bits per heavy atom. The molecule has 0 saturated heterocycles. The van der Waals surface area contributed by atoms with Gasteiger partial charge in [0.25, 0.3) is 0 Å². The monoisotopic (exact) mass is 579 g/mol. The molecular formula is C35H53N3O4. The van der Waals surface area contributed by atoms with E-state index in [4.69, 9.17) is 9.72 Å². The number of aromatic nitrogens is 2. The third-order valence-corrected chi connectivity index (χ3v) is 11.4. The molecule has 232 valence electrons. The summed E-state index contributed by atoms with van der Waals surface area (Å²) in [5.41, 5.74) is 4.48. The minimum absolute atomic E-state index is 0.187. The van der Waals surface area contributed by atoms with E-state index in [0.717, 1.165) is 67.6 Å². The van der Waals surface area contributed by atoms with Crippen LogP contribution in [0.25, 0.3) is 0 Å². The van der Waals surface area contributed by atoms with Crippen LogP contribution in [0.3, 0.4) is 0 Å². The SMILES string of the molecule is C=C1C(=CC=C2CCC[C@]3(C)[C@@H]([C@H](C)CC[C@@H](OC(=O)NC)C4(c5ncc(CCC)[nH]5)CC4)CC[C@@H]23)C[C@@H](O)C[C@@H]1O. The second-order valence-corrected chi connectivity index (χ2v) is 14.0. The number of H-pyrrole nitrogens is 1. The Morgan fingerprint density at radius 2 is 2.05 bits per heavy atom. The third-order valence-electron chi connectivity index (χ3n) is 11.4. The average Bonchev–Trinajstić information content (AvgIpc) is 3.49. The van der Waals surface area contributed by atoms with E-state index in [0.29, 0.717) is 30.6 Å². The summed E-state index contributed by atoms with van der Waals surface area (Å²) in [5, 5.41) is 23.1. The largest absolute Gasteiger partial charge is 0.445 e. The van der Waals surface area contributed by atoms with E-state index in [1.807, 2.05) is 6.20 Å². The van der Waals surface area contributed by atoms with Crippen LogP contribution in [-0.4, -0.2) is 51.6 Å². The second-order valence-electron chi connectivity index (χ2n) is 14.0. The first-order valence-electron chi connectivity index (χ1n) is 16.5. The lowest BCUT2D eigenvalue weighted by molar-refractivity contribution is 0.0519. The highest BCUT2D eigenvalue weighted by molar-refractivity contribution is 5.67. The van der Waals surface area contributed by atoms with Crippen molar-refractivity contribution in [3.63, 3.8) is 0 Å². The first-order valence-corrected chi connectivity index (χ1v) is 16.5. The topological polar surface area (TPSA) is 107 Å². The first-order chi connectivity index (χ1) is 20.1. The lowest BCUT2D eigenvalue weighted by Crippen LogP contribution is -2.38. The smallest absolute Gasteiger partial charge is 0.407 e. The van der Waals surface area contributed by atoms with Gasteiger partial charge in [0.15, 0.2) is 0 Å². The summed E-state index contributed by atoms with van der Waals surface area (Å²) < 4.78 is 6.06. The Bertz CT molecular complexity index is 1200. The van der Waals surface area contributed by atoms with E-state index in [1.54, 1.807) is 7.05 Å². The molecule has 7 atom stereocenters. The van der Waals surface area contributed by atoms with Gasteiger partial charge in [-0.3, -0.25) is 0 Å². The molecule has 4 aliphatic rings. The van der Waals surface area contributed by atoms with Crippen molar-refractivity contribution in [2.75, 3.05) is 7.05 Å². The molecule has 1 amide bonds. The lowest BCUT2D eigenvalue weighted by Gasteiger charge is -2.44. The predicted molar refractivity (Wildman–Crippen MR) is 166 cm³/mol. The highest BCUT2D eigenvalue weighted by Gasteiger charge is 2.56. The summed E-state index contributed by atoms with van der Waals surface area (Å²) in [4.78, 5) is 20.7. The van der Waals surface area contributed by atoms with Crippen LogP contribution in [0.1, 0.15) is 109 Å². The number of alkyl carbamates (subject to hydrolysis) is 1. The zero-order valence-electron chi connectivity index (χ0n) is 26.3. The van der Waals surface area contributed by atoms with Crippen molar-refractivity contribution < 1.29 is 19.7 Å². The number of ether oxygens (including phenoxy) is 1. The quantitative estimate of drug-likeness (QED) is 0.247. The van der Waals surface area contributed by atoms with E-state index >= 15 is 0 Å². The number of aryl methyl sites for hydroxylation is 1. The number of carbonyl (C=O) groups excluding carboxylic acids is 1. The van der Waals surface area contributed by atoms with Crippen LogP contribution >= 0.6 is 0 Å². The van der Waals surface area contributed by atoms with Gasteiger partial charge in [0, 0.05) is 25.4 Å². The van der Waals surface area contributed by atoms with Crippen LogP contribution in [0.5, 0.6) is 0 Å². The van der Waals surface area contributed by atoms with Crippen molar-refractivity contribution in [3.05, 3.63) is 53.2 Å². The Labute approximate surface area is 252 Å². The highest BCUT2D eigenvalue weighted by atomic mass is 16.6. The number of aromatic amines is 1. The number of nitrogens with zero attached hydrogens (tertiary/aromatic N) is 1. The number of allylic oxidation sites excluding steroid dienone is 3. The standard InChI is InChI=1S/C35H53N3O4/c1-6-8-26-21-37-32(38-26)35(17-18-35)31(42-33(41)36-5)15-10-22(2)28-13-14-29-24(9-7-16-34(28,29)4)11-12-25-19-27(39)20-30(40)23(25)3/h11-12,21-22,27-31,39-40H,3,6-10,13-20H2,1-2,4-5H3,(H,36,41)(H,37,38)/t22-,27-,28-,29+,30+,31-,34-/m1/s1. The molecule has 7 heteroatoms. The van der Waals surface area contributed by atoms with Gasteiger partial charge in [0.2, 0.25) is 0 Å². The maximum Gasteiger partial charge on any atom is 0.407 e. The summed E-state index contributed by atoms with van der Waals surface area (Å²) in [7, 11) is 1.63. The molecule has 4 N–H and O–H groups in total. The minimum Gasteiger partial charge on any atom is -0.445 e. The van der Waals surface area contributed by atoms with Crippen molar-refractivity contribution in [1.29, 1.82) is 0 Å². The fraction of sp³-hybridized carbons (Fsp3) is 0.714. The zero-order chi connectivity index (χ0) is 30.1. The number of hydrogen-bond donors (Lipinski definition) is 4. The number of carbonyl (C=O) groups is 1. The van der Waals surface area contributed by atoms with Gasteiger partial charge in [-0.2, -0.15) is 0 Å². The molecule has 5 rings (SSSR count). The predicted octanol–water partition coefficient (Wildman–Crippen LogP) is 6.68. The summed E-state index contributed by atoms with van der Waals surface area (Å²) in [6.45, 7) is 11.2. The molecule has 42 heavy (non-hydrogen) atoms. The number of rotatable bonds is 10. The molecule has 0 bridgehead atoms. The van der Waals surface area contributed by atoms with Crippen LogP contribution < -0.4 is 5.32 Å². The number of amides is 1. The number of fused-ring (bicyclic) bond motifs is 1. The summed E-state index contributed by atoms with van der Waals surface area (Å²) in [5.74, 6) is 2.70. The maximum atomic E-state index is 12.4. The molecule has 1 aromatic heterocycles. The Morgan fingerprint density at radius 1 is 1.26 bits per heavy atom. The molecular weight excluding hydrogens is 526 g/mol. The molecule has 4 saturated carbocycles. The van der Waals surface area contributed by atoms with E-state index in [9.17, 15) is 15.0 Å². The molecule has 0 spiro atoms. The molecule has 0 unspecified atom stereocenters. The number of aliphatic hydroxyl groups is 2. The fourth-order valence-corrected chi connectivity index (χ4v) is 8.79. The molecule has 1 aromatic rings. The van der Waals surface area contributed by atoms with Crippen molar-refractivity contribution in [3.8, 4) is 0 Å². The molecule has 7 nitrogen and oxygen atoms in total. The van der Waals surface area contributed by atoms with E-state index in [1.165, 1.54) is 31.3 Å². The molecule has 0 aromatic carbocycles. The second kappa shape index (κ2) is 12.7. The van der Waals surface area contributed by atoms with E-state index in [-0.39, 0.29) is 23.0 Å². The van der Waals surface area contributed by atoms with Gasteiger partial charge in [-0.25, -0.2) is 9.78 Å². The van der Waals surface area contributed by atoms with E-state index < -0.39 is 12.2 Å². The van der Waals surface area contributed by atoms with E-state index in [2.05, 4.69) is 49.8 Å². The normalized spacial score (nSPS) is 33.8. The molecule has 1 heterocycles. The summed E-state index contributed by atoms with van der Waals surface area (Å²) in [6.07, 6.45) is 17.5. The molecule has 0 radical (unpaired) electrons.